The molecule has 0 fully saturated rings. The smallest absolute Gasteiger partial charge is 0.155 e. The van der Waals surface area contributed by atoms with Crippen molar-refractivity contribution in [3.63, 3.8) is 0 Å². The van der Waals surface area contributed by atoms with Gasteiger partial charge in [-0.15, -0.1) is 0 Å². The average Bonchev–Trinajstić information content (AvgIpc) is 2.58. The van der Waals surface area contributed by atoms with Crippen LogP contribution < -0.4 is 0 Å². The van der Waals surface area contributed by atoms with E-state index in [1.807, 2.05) is 0 Å². The summed E-state index contributed by atoms with van der Waals surface area (Å²) in [5.74, 6) is 0. The molecule has 1 aromatic carbocycles. The Labute approximate surface area is 116 Å². The summed E-state index contributed by atoms with van der Waals surface area (Å²) in [6, 6.07) is 5.05. The summed E-state index contributed by atoms with van der Waals surface area (Å²) in [6.45, 7) is 0. The van der Waals surface area contributed by atoms with Gasteiger partial charge in [-0.2, -0.15) is 5.10 Å². The molecule has 2 rings (SSSR count). The Morgan fingerprint density at radius 1 is 1.41 bits per heavy atom. The van der Waals surface area contributed by atoms with Crippen molar-refractivity contribution in [2.75, 3.05) is 0 Å². The highest BCUT2D eigenvalue weighted by Crippen LogP contribution is 2.33. The zero-order valence-electron chi connectivity index (χ0n) is 8.75. The van der Waals surface area contributed by atoms with Gasteiger partial charge in [0.25, 0.3) is 0 Å². The van der Waals surface area contributed by atoms with Gasteiger partial charge >= 0.3 is 0 Å². The molecule has 0 radical (unpaired) electrons. The van der Waals surface area contributed by atoms with Crippen LogP contribution >= 0.6 is 39.1 Å². The van der Waals surface area contributed by atoms with Crippen LogP contribution in [0.5, 0.6) is 0 Å². The molecular formula is C11H7BrCl2N2O. The standard InChI is InChI=1S/C11H7BrCl2N2O/c1-16-11(12)8(5-17)10(15-16)7-4-6(13)2-3-9(7)14/h2-5H,1H3. The molecule has 0 amide bonds. The Kier molecular flexibility index (Phi) is 3.56. The maximum atomic E-state index is 11.1. The van der Waals surface area contributed by atoms with Crippen LogP contribution in [0, 0.1) is 0 Å². The highest BCUT2D eigenvalue weighted by Gasteiger charge is 2.17. The lowest BCUT2D eigenvalue weighted by atomic mass is 10.1. The topological polar surface area (TPSA) is 34.9 Å². The molecule has 1 aromatic heterocycles. The van der Waals surface area contributed by atoms with Gasteiger partial charge < -0.3 is 0 Å². The van der Waals surface area contributed by atoms with Crippen LogP contribution in [0.1, 0.15) is 10.4 Å². The molecule has 17 heavy (non-hydrogen) atoms. The molecule has 0 spiro atoms. The van der Waals surface area contributed by atoms with E-state index in [-0.39, 0.29) is 0 Å². The molecule has 88 valence electrons. The van der Waals surface area contributed by atoms with E-state index in [0.717, 1.165) is 6.29 Å². The Balaban J connectivity index is 2.72. The van der Waals surface area contributed by atoms with Gasteiger partial charge in [-0.1, -0.05) is 23.2 Å². The Hall–Kier alpha value is -0.840. The van der Waals surface area contributed by atoms with E-state index in [0.29, 0.717) is 31.5 Å². The van der Waals surface area contributed by atoms with E-state index in [1.54, 1.807) is 29.9 Å². The summed E-state index contributed by atoms with van der Waals surface area (Å²) in [4.78, 5) is 11.1. The van der Waals surface area contributed by atoms with Crippen LogP contribution in [0.15, 0.2) is 22.8 Å². The molecule has 3 nitrogen and oxygen atoms in total. The van der Waals surface area contributed by atoms with Crippen LogP contribution in [0.3, 0.4) is 0 Å². The second-order valence-corrected chi connectivity index (χ2v) is 5.01. The largest absolute Gasteiger partial charge is 0.298 e. The van der Waals surface area contributed by atoms with E-state index in [2.05, 4.69) is 21.0 Å². The highest BCUT2D eigenvalue weighted by atomic mass is 79.9. The number of halogens is 3. The van der Waals surface area contributed by atoms with Crippen molar-refractivity contribution in [3.05, 3.63) is 38.4 Å². The number of carbonyl (C=O) groups is 1. The molecule has 0 bridgehead atoms. The molecule has 2 aromatic rings. The number of hydrogen-bond acceptors (Lipinski definition) is 2. The van der Waals surface area contributed by atoms with E-state index in [4.69, 9.17) is 23.2 Å². The Morgan fingerprint density at radius 3 is 2.76 bits per heavy atom. The normalized spacial score (nSPS) is 10.6. The third-order valence-corrected chi connectivity index (χ3v) is 3.82. The predicted molar refractivity (Wildman–Crippen MR) is 71.8 cm³/mol. The molecule has 0 aliphatic heterocycles. The third-order valence-electron chi connectivity index (χ3n) is 2.31. The second kappa shape index (κ2) is 4.80. The summed E-state index contributed by atoms with van der Waals surface area (Å²) in [6.07, 6.45) is 0.740. The van der Waals surface area contributed by atoms with Crippen LogP contribution in [0.25, 0.3) is 11.3 Å². The van der Waals surface area contributed by atoms with Gasteiger partial charge in [0, 0.05) is 17.6 Å². The minimum Gasteiger partial charge on any atom is -0.298 e. The molecule has 1 heterocycles. The summed E-state index contributed by atoms with van der Waals surface area (Å²) in [5, 5.41) is 5.30. The van der Waals surface area contributed by atoms with Gasteiger partial charge in [-0.05, 0) is 34.1 Å². The lowest BCUT2D eigenvalue weighted by Gasteiger charge is -2.02. The van der Waals surface area contributed by atoms with Crippen LogP contribution in [0.2, 0.25) is 10.0 Å². The average molecular weight is 334 g/mol. The van der Waals surface area contributed by atoms with Gasteiger partial charge in [0.2, 0.25) is 0 Å². The fraction of sp³-hybridized carbons (Fsp3) is 0.0909. The summed E-state index contributed by atoms with van der Waals surface area (Å²) < 4.78 is 2.18. The van der Waals surface area contributed by atoms with Crippen molar-refractivity contribution >= 4 is 45.4 Å². The van der Waals surface area contributed by atoms with E-state index < -0.39 is 0 Å². The van der Waals surface area contributed by atoms with Gasteiger partial charge in [0.05, 0.1) is 10.6 Å². The number of nitrogens with zero attached hydrogens (tertiary/aromatic N) is 2. The van der Waals surface area contributed by atoms with Crippen molar-refractivity contribution in [2.45, 2.75) is 0 Å². The Bertz CT molecular complexity index is 595. The molecule has 0 saturated heterocycles. The molecule has 0 N–H and O–H groups in total. The van der Waals surface area contributed by atoms with Crippen molar-refractivity contribution in [3.8, 4) is 11.3 Å². The SMILES string of the molecule is Cn1nc(-c2cc(Cl)ccc2Cl)c(C=O)c1Br. The number of aryl methyl sites for hydroxylation is 1. The summed E-state index contributed by atoms with van der Waals surface area (Å²) in [5.41, 5.74) is 1.61. The summed E-state index contributed by atoms with van der Waals surface area (Å²) in [7, 11) is 1.74. The van der Waals surface area contributed by atoms with Crippen molar-refractivity contribution in [2.24, 2.45) is 7.05 Å². The van der Waals surface area contributed by atoms with Gasteiger partial charge in [0.15, 0.2) is 6.29 Å². The molecule has 6 heteroatoms. The van der Waals surface area contributed by atoms with Crippen molar-refractivity contribution in [1.82, 2.24) is 9.78 Å². The number of rotatable bonds is 2. The molecule has 0 aliphatic rings. The van der Waals surface area contributed by atoms with Crippen LogP contribution in [0.4, 0.5) is 0 Å². The third kappa shape index (κ3) is 2.25. The molecule has 0 unspecified atom stereocenters. The molecule has 0 atom stereocenters. The number of benzene rings is 1. The lowest BCUT2D eigenvalue weighted by Crippen LogP contribution is -1.90. The molecular weight excluding hydrogens is 327 g/mol. The van der Waals surface area contributed by atoms with Gasteiger partial charge in [-0.3, -0.25) is 9.48 Å². The first-order valence-corrected chi connectivity index (χ1v) is 6.22. The number of carbonyl (C=O) groups excluding carboxylic acids is 1. The fourth-order valence-electron chi connectivity index (χ4n) is 1.50. The fourth-order valence-corrected chi connectivity index (χ4v) is 2.24. The lowest BCUT2D eigenvalue weighted by molar-refractivity contribution is 0.112. The van der Waals surface area contributed by atoms with E-state index in [9.17, 15) is 4.79 Å². The molecule has 0 saturated carbocycles. The first kappa shape index (κ1) is 12.6. The first-order valence-electron chi connectivity index (χ1n) is 4.67. The maximum Gasteiger partial charge on any atom is 0.155 e. The second-order valence-electron chi connectivity index (χ2n) is 3.42. The van der Waals surface area contributed by atoms with Gasteiger partial charge in [0.1, 0.15) is 10.3 Å². The molecule has 0 aliphatic carbocycles. The quantitative estimate of drug-likeness (QED) is 0.779. The van der Waals surface area contributed by atoms with Crippen LogP contribution in [-0.2, 0) is 7.05 Å². The van der Waals surface area contributed by atoms with Crippen LogP contribution in [-0.4, -0.2) is 16.1 Å². The minimum atomic E-state index is 0.455. The monoisotopic (exact) mass is 332 g/mol. The predicted octanol–water partition coefficient (Wildman–Crippen LogP) is 3.97. The minimum absolute atomic E-state index is 0.455. The Morgan fingerprint density at radius 2 is 2.12 bits per heavy atom. The zero-order valence-corrected chi connectivity index (χ0v) is 11.8. The summed E-state index contributed by atoms with van der Waals surface area (Å²) >= 11 is 15.3. The van der Waals surface area contributed by atoms with Gasteiger partial charge in [-0.25, -0.2) is 0 Å². The number of hydrogen-bond donors (Lipinski definition) is 0. The van der Waals surface area contributed by atoms with E-state index in [1.165, 1.54) is 0 Å². The number of aromatic nitrogens is 2. The number of aldehydes is 1. The van der Waals surface area contributed by atoms with E-state index >= 15 is 0 Å². The van der Waals surface area contributed by atoms with Crippen molar-refractivity contribution < 1.29 is 4.79 Å². The maximum absolute atomic E-state index is 11.1. The zero-order chi connectivity index (χ0) is 12.6. The van der Waals surface area contributed by atoms with Crippen molar-refractivity contribution in [1.29, 1.82) is 0 Å². The first-order chi connectivity index (χ1) is 8.04. The highest BCUT2D eigenvalue weighted by molar-refractivity contribution is 9.10.